The van der Waals surface area contributed by atoms with Gasteiger partial charge in [-0.2, -0.15) is 0 Å². The number of esters is 1. The molecule has 1 aromatic carbocycles. The van der Waals surface area contributed by atoms with Gasteiger partial charge < -0.3 is 19.9 Å². The fourth-order valence-electron chi connectivity index (χ4n) is 2.96. The monoisotopic (exact) mass is 369 g/mol. The smallest absolute Gasteiger partial charge is 0.339 e. The Kier molecular flexibility index (Phi) is 5.97. The van der Waals surface area contributed by atoms with Crippen molar-refractivity contribution in [3.8, 4) is 0 Å². The van der Waals surface area contributed by atoms with Crippen molar-refractivity contribution in [3.63, 3.8) is 0 Å². The molecule has 0 radical (unpaired) electrons. The number of rotatable bonds is 5. The molecule has 0 saturated carbocycles. The second kappa shape index (κ2) is 8.59. The highest BCUT2D eigenvalue weighted by molar-refractivity contribution is 6.06. The van der Waals surface area contributed by atoms with E-state index in [1.165, 1.54) is 13.3 Å². The van der Waals surface area contributed by atoms with Crippen LogP contribution in [0.15, 0.2) is 36.7 Å². The Hall–Kier alpha value is -3.00. The highest BCUT2D eigenvalue weighted by Crippen LogP contribution is 2.17. The van der Waals surface area contributed by atoms with Gasteiger partial charge in [0.15, 0.2) is 0 Å². The van der Waals surface area contributed by atoms with Crippen molar-refractivity contribution >= 4 is 23.4 Å². The van der Waals surface area contributed by atoms with Crippen molar-refractivity contribution < 1.29 is 14.3 Å². The van der Waals surface area contributed by atoms with Crippen LogP contribution in [-0.4, -0.2) is 66.6 Å². The van der Waals surface area contributed by atoms with E-state index in [2.05, 4.69) is 32.0 Å². The number of aromatic nitrogens is 2. The summed E-state index contributed by atoms with van der Waals surface area (Å²) in [5.74, 6) is -0.183. The van der Waals surface area contributed by atoms with Gasteiger partial charge in [-0.3, -0.25) is 4.79 Å². The van der Waals surface area contributed by atoms with E-state index >= 15 is 0 Å². The first-order chi connectivity index (χ1) is 13.1. The van der Waals surface area contributed by atoms with Crippen LogP contribution in [0.3, 0.4) is 0 Å². The van der Waals surface area contributed by atoms with Gasteiger partial charge in [-0.15, -0.1) is 0 Å². The number of nitrogens with zero attached hydrogens (tertiary/aromatic N) is 4. The molecule has 0 atom stereocenters. The maximum absolute atomic E-state index is 12.5. The molecule has 8 nitrogen and oxygen atoms in total. The second-order valence-electron chi connectivity index (χ2n) is 6.17. The SMILES string of the molecule is CCN1CCN(c2cnc(C(=O)Nc3ccccc3C(=O)OC)cn2)CC1. The average molecular weight is 369 g/mol. The summed E-state index contributed by atoms with van der Waals surface area (Å²) in [5.41, 5.74) is 0.841. The maximum atomic E-state index is 12.5. The van der Waals surface area contributed by atoms with Crippen LogP contribution in [0.25, 0.3) is 0 Å². The minimum atomic E-state index is -0.515. The molecular weight excluding hydrogens is 346 g/mol. The molecule has 3 rings (SSSR count). The van der Waals surface area contributed by atoms with Crippen LogP contribution >= 0.6 is 0 Å². The number of carbonyl (C=O) groups is 2. The van der Waals surface area contributed by atoms with Gasteiger partial charge in [0.25, 0.3) is 5.91 Å². The zero-order chi connectivity index (χ0) is 19.2. The van der Waals surface area contributed by atoms with Gasteiger partial charge >= 0.3 is 5.97 Å². The van der Waals surface area contributed by atoms with Gasteiger partial charge in [0.1, 0.15) is 11.5 Å². The van der Waals surface area contributed by atoms with Crippen LogP contribution in [0.5, 0.6) is 0 Å². The van der Waals surface area contributed by atoms with Gasteiger partial charge in [0.2, 0.25) is 0 Å². The fraction of sp³-hybridized carbons (Fsp3) is 0.368. The number of hydrogen-bond donors (Lipinski definition) is 1. The van der Waals surface area contributed by atoms with Gasteiger partial charge in [0, 0.05) is 26.2 Å². The molecule has 1 fully saturated rings. The number of piperazine rings is 1. The lowest BCUT2D eigenvalue weighted by Crippen LogP contribution is -2.46. The Balaban J connectivity index is 1.67. The molecule has 2 heterocycles. The minimum absolute atomic E-state index is 0.186. The third kappa shape index (κ3) is 4.40. The average Bonchev–Trinajstić information content (AvgIpc) is 2.73. The van der Waals surface area contributed by atoms with Crippen LogP contribution in [0.1, 0.15) is 27.8 Å². The summed E-state index contributed by atoms with van der Waals surface area (Å²) in [6.45, 7) is 6.96. The van der Waals surface area contributed by atoms with E-state index in [0.29, 0.717) is 5.69 Å². The van der Waals surface area contributed by atoms with Crippen molar-refractivity contribution in [2.45, 2.75) is 6.92 Å². The standard InChI is InChI=1S/C19H23N5O3/c1-3-23-8-10-24(11-9-23)17-13-20-16(12-21-17)18(25)22-15-7-5-4-6-14(15)19(26)27-2/h4-7,12-13H,3,8-11H2,1-2H3,(H,22,25). The van der Waals surface area contributed by atoms with E-state index in [1.807, 2.05) is 0 Å². The van der Waals surface area contributed by atoms with Crippen LogP contribution in [0.4, 0.5) is 11.5 Å². The fourth-order valence-corrected chi connectivity index (χ4v) is 2.96. The van der Waals surface area contributed by atoms with E-state index in [1.54, 1.807) is 30.5 Å². The quantitative estimate of drug-likeness (QED) is 0.802. The number of nitrogens with one attached hydrogen (secondary N) is 1. The number of anilines is 2. The Morgan fingerprint density at radius 3 is 2.48 bits per heavy atom. The molecule has 0 unspecified atom stereocenters. The van der Waals surface area contributed by atoms with Gasteiger partial charge in [-0.25, -0.2) is 14.8 Å². The highest BCUT2D eigenvalue weighted by Gasteiger charge is 2.19. The predicted molar refractivity (Wildman–Crippen MR) is 102 cm³/mol. The lowest BCUT2D eigenvalue weighted by Gasteiger charge is -2.34. The third-order valence-corrected chi connectivity index (χ3v) is 4.59. The number of hydrogen-bond acceptors (Lipinski definition) is 7. The van der Waals surface area contributed by atoms with E-state index in [9.17, 15) is 9.59 Å². The first kappa shape index (κ1) is 18.8. The number of carbonyl (C=O) groups excluding carboxylic acids is 2. The zero-order valence-corrected chi connectivity index (χ0v) is 15.5. The molecule has 0 spiro atoms. The number of likely N-dealkylation sites (N-methyl/N-ethyl adjacent to an activating group) is 1. The summed E-state index contributed by atoms with van der Waals surface area (Å²) in [6.07, 6.45) is 3.07. The number of methoxy groups -OCH3 is 1. The predicted octanol–water partition coefficient (Wildman–Crippen LogP) is 1.66. The normalized spacial score (nSPS) is 14.7. The maximum Gasteiger partial charge on any atom is 0.339 e. The lowest BCUT2D eigenvalue weighted by atomic mass is 10.1. The molecule has 1 amide bonds. The largest absolute Gasteiger partial charge is 0.465 e. The Morgan fingerprint density at radius 1 is 1.11 bits per heavy atom. The van der Waals surface area contributed by atoms with Crippen molar-refractivity contribution in [1.29, 1.82) is 0 Å². The van der Waals surface area contributed by atoms with Gasteiger partial charge in [-0.1, -0.05) is 19.1 Å². The third-order valence-electron chi connectivity index (χ3n) is 4.59. The van der Waals surface area contributed by atoms with E-state index in [4.69, 9.17) is 4.74 Å². The van der Waals surface area contributed by atoms with Crippen LogP contribution in [0, 0.1) is 0 Å². The summed E-state index contributed by atoms with van der Waals surface area (Å²) in [4.78, 5) is 37.4. The Bertz CT molecular complexity index is 801. The molecule has 1 N–H and O–H groups in total. The van der Waals surface area contributed by atoms with Crippen LogP contribution in [-0.2, 0) is 4.74 Å². The lowest BCUT2D eigenvalue weighted by molar-refractivity contribution is 0.0602. The van der Waals surface area contributed by atoms with Gasteiger partial charge in [0.05, 0.1) is 30.8 Å². The first-order valence-corrected chi connectivity index (χ1v) is 8.90. The molecule has 0 aliphatic carbocycles. The number of para-hydroxylation sites is 1. The summed E-state index contributed by atoms with van der Waals surface area (Å²) in [5, 5.41) is 2.69. The molecule has 1 aliphatic rings. The van der Waals surface area contributed by atoms with E-state index in [0.717, 1.165) is 38.5 Å². The molecular formula is C19H23N5O3. The molecule has 2 aromatic rings. The molecule has 8 heteroatoms. The van der Waals surface area contributed by atoms with Gasteiger partial charge in [-0.05, 0) is 18.7 Å². The first-order valence-electron chi connectivity index (χ1n) is 8.90. The van der Waals surface area contributed by atoms with Crippen LogP contribution in [0.2, 0.25) is 0 Å². The molecule has 27 heavy (non-hydrogen) atoms. The summed E-state index contributed by atoms with van der Waals surface area (Å²) in [7, 11) is 1.30. The van der Waals surface area contributed by atoms with Crippen molar-refractivity contribution in [2.24, 2.45) is 0 Å². The number of benzene rings is 1. The van der Waals surface area contributed by atoms with E-state index in [-0.39, 0.29) is 11.3 Å². The molecule has 1 saturated heterocycles. The molecule has 1 aromatic heterocycles. The minimum Gasteiger partial charge on any atom is -0.465 e. The van der Waals surface area contributed by atoms with Crippen molar-refractivity contribution in [2.75, 3.05) is 50.1 Å². The van der Waals surface area contributed by atoms with Crippen molar-refractivity contribution in [3.05, 3.63) is 47.9 Å². The molecule has 142 valence electrons. The number of amides is 1. The highest BCUT2D eigenvalue weighted by atomic mass is 16.5. The molecule has 0 bridgehead atoms. The second-order valence-corrected chi connectivity index (χ2v) is 6.17. The Labute approximate surface area is 158 Å². The number of ether oxygens (including phenoxy) is 1. The summed E-state index contributed by atoms with van der Waals surface area (Å²) < 4.78 is 4.74. The van der Waals surface area contributed by atoms with E-state index < -0.39 is 11.9 Å². The summed E-state index contributed by atoms with van der Waals surface area (Å²) >= 11 is 0. The molecule has 1 aliphatic heterocycles. The summed E-state index contributed by atoms with van der Waals surface area (Å²) in [6, 6.07) is 6.66. The Morgan fingerprint density at radius 2 is 1.85 bits per heavy atom. The van der Waals surface area contributed by atoms with Crippen molar-refractivity contribution in [1.82, 2.24) is 14.9 Å². The topological polar surface area (TPSA) is 87.7 Å². The zero-order valence-electron chi connectivity index (χ0n) is 15.5. The van der Waals surface area contributed by atoms with Crippen LogP contribution < -0.4 is 10.2 Å².